The van der Waals surface area contributed by atoms with Gasteiger partial charge in [0.05, 0.1) is 14.2 Å². The first-order valence-corrected chi connectivity index (χ1v) is 8.76. The fourth-order valence-electron chi connectivity index (χ4n) is 2.51. The van der Waals surface area contributed by atoms with E-state index in [9.17, 15) is 4.79 Å². The van der Waals surface area contributed by atoms with Crippen molar-refractivity contribution < 1.29 is 14.3 Å². The lowest BCUT2D eigenvalue weighted by atomic mass is 10.1. The quantitative estimate of drug-likeness (QED) is 0.590. The van der Waals surface area contributed by atoms with E-state index in [1.54, 1.807) is 20.3 Å². The summed E-state index contributed by atoms with van der Waals surface area (Å²) in [6.45, 7) is 7.87. The van der Waals surface area contributed by atoms with Crippen LogP contribution >= 0.6 is 0 Å². The van der Waals surface area contributed by atoms with Gasteiger partial charge in [-0.05, 0) is 37.5 Å². The van der Waals surface area contributed by atoms with E-state index < -0.39 is 0 Å². The van der Waals surface area contributed by atoms with Crippen LogP contribution in [0.1, 0.15) is 52.0 Å². The van der Waals surface area contributed by atoms with Gasteiger partial charge in [0.1, 0.15) is 11.5 Å². The fraction of sp³-hybridized carbons (Fsp3) is 0.550. The molecule has 0 heterocycles. The standard InChI is InChI=1S/C20H31NO3/c1-6-8-12-21(13-9-7-2)20(22)14-16(3)18-11-10-17(23-4)15-19(18)24-5/h10-11,14-15H,6-9,12-13H2,1-5H3/b16-14+. The van der Waals surface area contributed by atoms with Crippen molar-refractivity contribution in [2.24, 2.45) is 0 Å². The van der Waals surface area contributed by atoms with E-state index in [0.717, 1.165) is 55.7 Å². The van der Waals surface area contributed by atoms with Crippen molar-refractivity contribution in [2.45, 2.75) is 46.5 Å². The highest BCUT2D eigenvalue weighted by atomic mass is 16.5. The zero-order valence-electron chi connectivity index (χ0n) is 15.7. The van der Waals surface area contributed by atoms with Crippen LogP contribution in [0.4, 0.5) is 0 Å². The normalized spacial score (nSPS) is 11.3. The summed E-state index contributed by atoms with van der Waals surface area (Å²) in [6.07, 6.45) is 5.97. The van der Waals surface area contributed by atoms with Crippen LogP contribution in [0.5, 0.6) is 11.5 Å². The Balaban J connectivity index is 2.97. The Morgan fingerprint density at radius 2 is 1.71 bits per heavy atom. The van der Waals surface area contributed by atoms with Gasteiger partial charge < -0.3 is 14.4 Å². The van der Waals surface area contributed by atoms with E-state index in [4.69, 9.17) is 9.47 Å². The van der Waals surface area contributed by atoms with Crippen LogP contribution in [-0.4, -0.2) is 38.1 Å². The summed E-state index contributed by atoms with van der Waals surface area (Å²) < 4.78 is 10.7. The predicted molar refractivity (Wildman–Crippen MR) is 99.6 cm³/mol. The number of hydrogen-bond donors (Lipinski definition) is 0. The molecule has 1 amide bonds. The molecule has 24 heavy (non-hydrogen) atoms. The summed E-state index contributed by atoms with van der Waals surface area (Å²) in [4.78, 5) is 14.6. The summed E-state index contributed by atoms with van der Waals surface area (Å²) in [7, 11) is 3.25. The Bertz CT molecular complexity index is 544. The van der Waals surface area contributed by atoms with Gasteiger partial charge in [-0.25, -0.2) is 0 Å². The summed E-state index contributed by atoms with van der Waals surface area (Å²) >= 11 is 0. The maximum absolute atomic E-state index is 12.6. The molecule has 0 aliphatic carbocycles. The Morgan fingerprint density at radius 1 is 1.08 bits per heavy atom. The van der Waals surface area contributed by atoms with Gasteiger partial charge in [0.15, 0.2) is 0 Å². The summed E-state index contributed by atoms with van der Waals surface area (Å²) in [5.41, 5.74) is 1.81. The highest BCUT2D eigenvalue weighted by Gasteiger charge is 2.13. The Morgan fingerprint density at radius 3 is 2.21 bits per heavy atom. The predicted octanol–water partition coefficient (Wildman–Crippen LogP) is 4.54. The Labute approximate surface area is 146 Å². The van der Waals surface area contributed by atoms with E-state index in [1.165, 1.54) is 0 Å². The lowest BCUT2D eigenvalue weighted by Crippen LogP contribution is -2.31. The molecule has 4 nitrogen and oxygen atoms in total. The molecule has 0 saturated carbocycles. The maximum Gasteiger partial charge on any atom is 0.246 e. The number of allylic oxidation sites excluding steroid dienone is 1. The second-order valence-corrected chi connectivity index (χ2v) is 5.93. The molecule has 0 fully saturated rings. The molecule has 0 bridgehead atoms. The van der Waals surface area contributed by atoms with Gasteiger partial charge in [0.2, 0.25) is 5.91 Å². The second kappa shape index (κ2) is 10.7. The molecule has 4 heteroatoms. The van der Waals surface area contributed by atoms with Crippen molar-refractivity contribution >= 4 is 11.5 Å². The minimum absolute atomic E-state index is 0.0762. The van der Waals surface area contributed by atoms with Crippen LogP contribution < -0.4 is 9.47 Å². The molecule has 1 aromatic carbocycles. The zero-order valence-corrected chi connectivity index (χ0v) is 15.7. The van der Waals surface area contributed by atoms with E-state index in [2.05, 4.69) is 13.8 Å². The number of rotatable bonds is 10. The van der Waals surface area contributed by atoms with E-state index >= 15 is 0 Å². The first-order chi connectivity index (χ1) is 11.6. The highest BCUT2D eigenvalue weighted by molar-refractivity contribution is 5.95. The third-order valence-corrected chi connectivity index (χ3v) is 4.05. The van der Waals surface area contributed by atoms with Gasteiger partial charge in [0.25, 0.3) is 0 Å². The molecule has 0 aromatic heterocycles. The molecule has 0 unspecified atom stereocenters. The second-order valence-electron chi connectivity index (χ2n) is 5.93. The molecule has 134 valence electrons. The fourth-order valence-corrected chi connectivity index (χ4v) is 2.51. The molecule has 0 N–H and O–H groups in total. The third-order valence-electron chi connectivity index (χ3n) is 4.05. The molecule has 1 rings (SSSR count). The number of unbranched alkanes of at least 4 members (excludes halogenated alkanes) is 2. The number of nitrogens with zero attached hydrogens (tertiary/aromatic N) is 1. The van der Waals surface area contributed by atoms with Crippen molar-refractivity contribution in [2.75, 3.05) is 27.3 Å². The van der Waals surface area contributed by atoms with Crippen LogP contribution in [0.2, 0.25) is 0 Å². The summed E-state index contributed by atoms with van der Waals surface area (Å²) in [5, 5.41) is 0. The van der Waals surface area contributed by atoms with Crippen LogP contribution in [-0.2, 0) is 4.79 Å². The lowest BCUT2D eigenvalue weighted by molar-refractivity contribution is -0.126. The first kappa shape index (κ1) is 20.1. The Hall–Kier alpha value is -1.97. The van der Waals surface area contributed by atoms with Crippen molar-refractivity contribution in [3.63, 3.8) is 0 Å². The summed E-state index contributed by atoms with van der Waals surface area (Å²) in [6, 6.07) is 5.65. The largest absolute Gasteiger partial charge is 0.497 e. The van der Waals surface area contributed by atoms with Crippen molar-refractivity contribution in [1.29, 1.82) is 0 Å². The molecule has 0 spiro atoms. The maximum atomic E-state index is 12.6. The monoisotopic (exact) mass is 333 g/mol. The lowest BCUT2D eigenvalue weighted by Gasteiger charge is -2.21. The Kier molecular flexibility index (Phi) is 8.98. The molecule has 0 atom stereocenters. The molecule has 0 saturated heterocycles. The number of methoxy groups -OCH3 is 2. The number of carbonyl (C=O) groups excluding carboxylic acids is 1. The van der Waals surface area contributed by atoms with Gasteiger partial charge in [-0.2, -0.15) is 0 Å². The van der Waals surface area contributed by atoms with Gasteiger partial charge in [0, 0.05) is 30.8 Å². The zero-order chi connectivity index (χ0) is 17.9. The molecule has 0 aliphatic heterocycles. The van der Waals surface area contributed by atoms with Crippen molar-refractivity contribution in [3.05, 3.63) is 29.8 Å². The number of ether oxygens (including phenoxy) is 2. The topological polar surface area (TPSA) is 38.8 Å². The van der Waals surface area contributed by atoms with E-state index in [-0.39, 0.29) is 5.91 Å². The molecular formula is C20H31NO3. The van der Waals surface area contributed by atoms with Crippen LogP contribution in [0, 0.1) is 0 Å². The number of carbonyl (C=O) groups is 1. The van der Waals surface area contributed by atoms with Gasteiger partial charge in [-0.1, -0.05) is 26.7 Å². The van der Waals surface area contributed by atoms with E-state index in [0.29, 0.717) is 5.75 Å². The molecule has 0 radical (unpaired) electrons. The average molecular weight is 333 g/mol. The van der Waals surface area contributed by atoms with Gasteiger partial charge in [-0.15, -0.1) is 0 Å². The number of hydrogen-bond acceptors (Lipinski definition) is 3. The van der Waals surface area contributed by atoms with Crippen LogP contribution in [0.3, 0.4) is 0 Å². The van der Waals surface area contributed by atoms with Gasteiger partial charge in [-0.3, -0.25) is 4.79 Å². The highest BCUT2D eigenvalue weighted by Crippen LogP contribution is 2.30. The third kappa shape index (κ3) is 5.91. The minimum atomic E-state index is 0.0762. The minimum Gasteiger partial charge on any atom is -0.497 e. The number of benzene rings is 1. The van der Waals surface area contributed by atoms with Crippen LogP contribution in [0.25, 0.3) is 5.57 Å². The molecule has 1 aromatic rings. The summed E-state index contributed by atoms with van der Waals surface area (Å²) in [5.74, 6) is 1.53. The molecular weight excluding hydrogens is 302 g/mol. The molecule has 0 aliphatic rings. The van der Waals surface area contributed by atoms with Crippen molar-refractivity contribution in [1.82, 2.24) is 4.90 Å². The van der Waals surface area contributed by atoms with E-state index in [1.807, 2.05) is 30.0 Å². The smallest absolute Gasteiger partial charge is 0.246 e. The number of amides is 1. The van der Waals surface area contributed by atoms with Crippen LogP contribution in [0.15, 0.2) is 24.3 Å². The average Bonchev–Trinajstić information content (AvgIpc) is 2.60. The van der Waals surface area contributed by atoms with Crippen molar-refractivity contribution in [3.8, 4) is 11.5 Å². The SMILES string of the molecule is CCCCN(CCCC)C(=O)/C=C(\C)c1ccc(OC)cc1OC. The van der Waals surface area contributed by atoms with Gasteiger partial charge >= 0.3 is 0 Å². The first-order valence-electron chi connectivity index (χ1n) is 8.76.